The van der Waals surface area contributed by atoms with Gasteiger partial charge in [-0.1, -0.05) is 31.4 Å². The summed E-state index contributed by atoms with van der Waals surface area (Å²) >= 11 is 6.22. The van der Waals surface area contributed by atoms with Gasteiger partial charge in [-0.2, -0.15) is 9.40 Å². The number of nitrogens with zero attached hydrogens (tertiary/aromatic N) is 3. The number of anilines is 1. The molecule has 1 aromatic heterocycles. The molecule has 0 bridgehead atoms. The molecule has 0 aliphatic carbocycles. The summed E-state index contributed by atoms with van der Waals surface area (Å²) < 4.78 is 29.5. The van der Waals surface area contributed by atoms with Crippen LogP contribution in [-0.2, 0) is 10.0 Å². The summed E-state index contributed by atoms with van der Waals surface area (Å²) in [4.78, 5) is 12.8. The number of aromatic nitrogens is 2. The summed E-state index contributed by atoms with van der Waals surface area (Å²) in [6.45, 7) is 5.00. The molecule has 0 saturated carbocycles. The van der Waals surface area contributed by atoms with Crippen LogP contribution in [0.4, 0.5) is 5.82 Å². The molecular weight excluding hydrogens is 412 g/mol. The normalized spacial score (nSPS) is 16.9. The Kier molecular flexibility index (Phi) is 6.97. The third-order valence-electron chi connectivity index (χ3n) is 5.30. The number of rotatable bonds is 6. The van der Waals surface area contributed by atoms with Crippen molar-refractivity contribution in [2.75, 3.05) is 18.4 Å². The van der Waals surface area contributed by atoms with Crippen LogP contribution in [0.15, 0.2) is 35.4 Å². The Labute approximate surface area is 177 Å². The molecular formula is C20H27ClN4O3S. The van der Waals surface area contributed by atoms with Crippen molar-refractivity contribution >= 4 is 33.3 Å². The van der Waals surface area contributed by atoms with Crippen LogP contribution in [0.3, 0.4) is 0 Å². The fourth-order valence-electron chi connectivity index (χ4n) is 3.39. The zero-order valence-corrected chi connectivity index (χ0v) is 18.3. The van der Waals surface area contributed by atoms with Gasteiger partial charge in [0.25, 0.3) is 5.91 Å². The van der Waals surface area contributed by atoms with Gasteiger partial charge in [0.1, 0.15) is 10.7 Å². The Hall–Kier alpha value is -1.90. The topological polar surface area (TPSA) is 84.3 Å². The molecule has 1 amide bonds. The summed E-state index contributed by atoms with van der Waals surface area (Å²) in [6.07, 6.45) is 6.19. The predicted molar refractivity (Wildman–Crippen MR) is 114 cm³/mol. The molecule has 1 fully saturated rings. The zero-order chi connectivity index (χ0) is 21.0. The van der Waals surface area contributed by atoms with Gasteiger partial charge in [0.15, 0.2) is 0 Å². The zero-order valence-electron chi connectivity index (χ0n) is 16.8. The van der Waals surface area contributed by atoms with E-state index in [2.05, 4.69) is 10.4 Å². The quantitative estimate of drug-likeness (QED) is 0.727. The summed E-state index contributed by atoms with van der Waals surface area (Å²) in [7, 11) is -3.76. The minimum atomic E-state index is -3.76. The largest absolute Gasteiger partial charge is 0.307 e. The lowest BCUT2D eigenvalue weighted by Gasteiger charge is -2.21. The summed E-state index contributed by atoms with van der Waals surface area (Å²) in [6, 6.07) is 6.21. The molecule has 0 radical (unpaired) electrons. The highest BCUT2D eigenvalue weighted by atomic mass is 35.5. The lowest BCUT2D eigenvalue weighted by Crippen LogP contribution is -2.32. The highest BCUT2D eigenvalue weighted by molar-refractivity contribution is 7.89. The number of amides is 1. The van der Waals surface area contributed by atoms with Gasteiger partial charge in [0, 0.05) is 24.7 Å². The van der Waals surface area contributed by atoms with E-state index in [1.807, 2.05) is 13.8 Å². The standard InChI is InChI=1S/C20H27ClN4O3S/c1-3-15(2)25-19(10-11-22-25)23-20(26)16-8-9-17(21)18(14-16)29(27,28)24-12-6-4-5-7-13-24/h8-11,14-15H,3-7,12-13H2,1-2H3,(H,23,26). The first-order valence-electron chi connectivity index (χ1n) is 9.99. The molecule has 2 aromatic rings. The summed E-state index contributed by atoms with van der Waals surface area (Å²) in [5.41, 5.74) is 0.236. The molecule has 1 aliphatic rings. The minimum Gasteiger partial charge on any atom is -0.307 e. The summed E-state index contributed by atoms with van der Waals surface area (Å²) in [5.74, 6) is 0.162. The number of hydrogen-bond donors (Lipinski definition) is 1. The van der Waals surface area contributed by atoms with Crippen LogP contribution in [0.1, 0.15) is 62.4 Å². The second-order valence-corrected chi connectivity index (χ2v) is 9.65. The van der Waals surface area contributed by atoms with E-state index in [1.165, 1.54) is 22.5 Å². The fourth-order valence-corrected chi connectivity index (χ4v) is 5.41. The third-order valence-corrected chi connectivity index (χ3v) is 7.68. The third kappa shape index (κ3) is 4.82. The Morgan fingerprint density at radius 3 is 2.55 bits per heavy atom. The average Bonchev–Trinajstić information content (AvgIpc) is 2.98. The van der Waals surface area contributed by atoms with Crippen LogP contribution in [0.5, 0.6) is 0 Å². The van der Waals surface area contributed by atoms with Crippen molar-refractivity contribution in [3.63, 3.8) is 0 Å². The fraction of sp³-hybridized carbons (Fsp3) is 0.500. The maximum Gasteiger partial charge on any atom is 0.256 e. The molecule has 1 saturated heterocycles. The number of carbonyl (C=O) groups excluding carboxylic acids is 1. The number of benzene rings is 1. The van der Waals surface area contributed by atoms with Crippen LogP contribution < -0.4 is 5.32 Å². The van der Waals surface area contributed by atoms with Crippen molar-refractivity contribution < 1.29 is 13.2 Å². The number of carbonyl (C=O) groups is 1. The molecule has 3 rings (SSSR count). The molecule has 9 heteroatoms. The molecule has 1 N–H and O–H groups in total. The Bertz CT molecular complexity index is 966. The van der Waals surface area contributed by atoms with E-state index >= 15 is 0 Å². The summed E-state index contributed by atoms with van der Waals surface area (Å²) in [5, 5.41) is 7.19. The van der Waals surface area contributed by atoms with Gasteiger partial charge in [-0.05, 0) is 44.4 Å². The van der Waals surface area contributed by atoms with Crippen LogP contribution in [0.25, 0.3) is 0 Å². The van der Waals surface area contributed by atoms with Crippen molar-refractivity contribution in [1.82, 2.24) is 14.1 Å². The highest BCUT2D eigenvalue weighted by Crippen LogP contribution is 2.28. The molecule has 158 valence electrons. The number of sulfonamides is 1. The monoisotopic (exact) mass is 438 g/mol. The van der Waals surface area contributed by atoms with Gasteiger partial charge in [-0.3, -0.25) is 4.79 Å². The van der Waals surface area contributed by atoms with Crippen LogP contribution in [0.2, 0.25) is 5.02 Å². The molecule has 1 atom stereocenters. The van der Waals surface area contributed by atoms with Gasteiger partial charge >= 0.3 is 0 Å². The van der Waals surface area contributed by atoms with E-state index in [1.54, 1.807) is 16.9 Å². The lowest BCUT2D eigenvalue weighted by atomic mass is 10.2. The van der Waals surface area contributed by atoms with Crippen LogP contribution in [0, 0.1) is 0 Å². The van der Waals surface area contributed by atoms with Crippen LogP contribution >= 0.6 is 11.6 Å². The number of hydrogen-bond acceptors (Lipinski definition) is 4. The predicted octanol–water partition coefficient (Wildman–Crippen LogP) is 4.32. The Balaban J connectivity index is 1.87. The van der Waals surface area contributed by atoms with Gasteiger partial charge in [-0.25, -0.2) is 13.1 Å². The van der Waals surface area contributed by atoms with Crippen molar-refractivity contribution in [1.29, 1.82) is 0 Å². The number of nitrogens with one attached hydrogen (secondary N) is 1. The van der Waals surface area contributed by atoms with Gasteiger partial charge in [-0.15, -0.1) is 0 Å². The molecule has 7 nitrogen and oxygen atoms in total. The Morgan fingerprint density at radius 1 is 1.21 bits per heavy atom. The maximum atomic E-state index is 13.1. The van der Waals surface area contributed by atoms with Crippen molar-refractivity contribution in [3.05, 3.63) is 41.0 Å². The van der Waals surface area contributed by atoms with E-state index in [9.17, 15) is 13.2 Å². The molecule has 1 aromatic carbocycles. The van der Waals surface area contributed by atoms with E-state index in [4.69, 9.17) is 11.6 Å². The average molecular weight is 439 g/mol. The first kappa shape index (κ1) is 21.8. The molecule has 29 heavy (non-hydrogen) atoms. The first-order chi connectivity index (χ1) is 13.8. The highest BCUT2D eigenvalue weighted by Gasteiger charge is 2.28. The second kappa shape index (κ2) is 9.28. The molecule has 1 unspecified atom stereocenters. The van der Waals surface area contributed by atoms with Crippen molar-refractivity contribution in [2.24, 2.45) is 0 Å². The van der Waals surface area contributed by atoms with Crippen LogP contribution in [-0.4, -0.2) is 41.5 Å². The molecule has 0 spiro atoms. The first-order valence-corrected chi connectivity index (χ1v) is 11.8. The SMILES string of the molecule is CCC(C)n1nccc1NC(=O)c1ccc(Cl)c(S(=O)(=O)N2CCCCCC2)c1. The van der Waals surface area contributed by atoms with E-state index in [0.29, 0.717) is 18.9 Å². The minimum absolute atomic E-state index is 0.0239. The van der Waals surface area contributed by atoms with E-state index in [0.717, 1.165) is 32.1 Å². The van der Waals surface area contributed by atoms with Crippen molar-refractivity contribution in [2.45, 2.75) is 56.9 Å². The van der Waals surface area contributed by atoms with Gasteiger partial charge in [0.2, 0.25) is 10.0 Å². The smallest absolute Gasteiger partial charge is 0.256 e. The maximum absolute atomic E-state index is 13.1. The van der Waals surface area contributed by atoms with Gasteiger partial charge < -0.3 is 5.32 Å². The number of halogens is 1. The van der Waals surface area contributed by atoms with Gasteiger partial charge in [0.05, 0.1) is 17.3 Å². The lowest BCUT2D eigenvalue weighted by molar-refractivity contribution is 0.102. The second-order valence-electron chi connectivity index (χ2n) is 7.34. The Morgan fingerprint density at radius 2 is 1.90 bits per heavy atom. The van der Waals surface area contributed by atoms with E-state index < -0.39 is 15.9 Å². The molecule has 1 aliphatic heterocycles. The van der Waals surface area contributed by atoms with E-state index in [-0.39, 0.29) is 21.5 Å². The molecule has 2 heterocycles. The van der Waals surface area contributed by atoms with Crippen molar-refractivity contribution in [3.8, 4) is 0 Å².